The van der Waals surface area contributed by atoms with E-state index in [9.17, 15) is 19.1 Å². The van der Waals surface area contributed by atoms with Crippen molar-refractivity contribution in [2.45, 2.75) is 25.8 Å². The van der Waals surface area contributed by atoms with Crippen molar-refractivity contribution in [1.82, 2.24) is 10.2 Å². The average Bonchev–Trinajstić information content (AvgIpc) is 2.81. The van der Waals surface area contributed by atoms with Crippen LogP contribution in [0.5, 0.6) is 0 Å². The Morgan fingerprint density at radius 3 is 2.90 bits per heavy atom. The minimum Gasteiger partial charge on any atom is -0.480 e. The summed E-state index contributed by atoms with van der Waals surface area (Å²) in [6, 6.07) is 5.06. The van der Waals surface area contributed by atoms with Crippen LogP contribution in [0.2, 0.25) is 0 Å². The number of hydrogen-bond donors (Lipinski definition) is 2. The molecule has 2 rings (SSSR count). The number of rotatable bonds is 4. The third-order valence-electron chi connectivity index (χ3n) is 3.79. The molecule has 0 aromatic heterocycles. The summed E-state index contributed by atoms with van der Waals surface area (Å²) < 4.78 is 13.0. The Labute approximate surface area is 122 Å². The van der Waals surface area contributed by atoms with Gasteiger partial charge in [-0.3, -0.25) is 0 Å². The molecule has 2 unspecified atom stereocenters. The summed E-state index contributed by atoms with van der Waals surface area (Å²) >= 11 is 0. The first kappa shape index (κ1) is 15.3. The predicted molar refractivity (Wildman–Crippen MR) is 75.4 cm³/mol. The van der Waals surface area contributed by atoms with Gasteiger partial charge >= 0.3 is 12.0 Å². The zero-order valence-electron chi connectivity index (χ0n) is 11.9. The monoisotopic (exact) mass is 294 g/mol. The lowest BCUT2D eigenvalue weighted by Gasteiger charge is -2.23. The number of halogens is 1. The van der Waals surface area contributed by atoms with Crippen LogP contribution in [0, 0.1) is 11.7 Å². The molecule has 0 spiro atoms. The molecule has 5 nitrogen and oxygen atoms in total. The largest absolute Gasteiger partial charge is 0.480 e. The maximum atomic E-state index is 13.0. The molecule has 1 heterocycles. The molecule has 0 saturated carbocycles. The van der Waals surface area contributed by atoms with E-state index in [1.807, 2.05) is 6.92 Å². The minimum atomic E-state index is -0.972. The van der Waals surface area contributed by atoms with Gasteiger partial charge in [0.2, 0.25) is 0 Å². The van der Waals surface area contributed by atoms with Gasteiger partial charge in [-0.05, 0) is 36.5 Å². The number of carbonyl (C=O) groups is 2. The molecule has 1 aliphatic rings. The van der Waals surface area contributed by atoms with E-state index >= 15 is 0 Å². The van der Waals surface area contributed by atoms with Crippen molar-refractivity contribution in [3.05, 3.63) is 35.6 Å². The van der Waals surface area contributed by atoms with Gasteiger partial charge in [0.05, 0.1) is 0 Å². The number of aliphatic carboxylic acids is 1. The first-order valence-electron chi connectivity index (χ1n) is 7.00. The summed E-state index contributed by atoms with van der Waals surface area (Å²) in [4.78, 5) is 24.6. The molecule has 2 amide bonds. The molecule has 21 heavy (non-hydrogen) atoms. The number of carboxylic acids is 1. The van der Waals surface area contributed by atoms with E-state index in [4.69, 9.17) is 0 Å². The highest BCUT2D eigenvalue weighted by molar-refractivity contribution is 5.83. The van der Waals surface area contributed by atoms with Gasteiger partial charge < -0.3 is 15.3 Å². The molecule has 0 aliphatic carbocycles. The lowest BCUT2D eigenvalue weighted by atomic mass is 10.0. The normalized spacial score (nSPS) is 21.3. The molecule has 6 heteroatoms. The van der Waals surface area contributed by atoms with Gasteiger partial charge in [0.15, 0.2) is 0 Å². The van der Waals surface area contributed by atoms with Crippen molar-refractivity contribution in [3.8, 4) is 0 Å². The van der Waals surface area contributed by atoms with E-state index in [-0.39, 0.29) is 17.8 Å². The van der Waals surface area contributed by atoms with Gasteiger partial charge in [0.25, 0.3) is 0 Å². The van der Waals surface area contributed by atoms with Gasteiger partial charge in [0, 0.05) is 13.1 Å². The second kappa shape index (κ2) is 6.56. The van der Waals surface area contributed by atoms with Crippen LogP contribution in [0.4, 0.5) is 9.18 Å². The molecule has 2 atom stereocenters. The summed E-state index contributed by atoms with van der Waals surface area (Å²) in [6.07, 6.45) is 1.19. The molecule has 114 valence electrons. The number of hydrogen-bond acceptors (Lipinski definition) is 2. The highest BCUT2D eigenvalue weighted by atomic mass is 19.1. The lowest BCUT2D eigenvalue weighted by molar-refractivity contribution is -0.142. The van der Waals surface area contributed by atoms with E-state index in [2.05, 4.69) is 5.32 Å². The van der Waals surface area contributed by atoms with Gasteiger partial charge in [-0.15, -0.1) is 0 Å². The number of benzene rings is 1. The van der Waals surface area contributed by atoms with E-state index in [0.29, 0.717) is 25.9 Å². The third-order valence-corrected chi connectivity index (χ3v) is 3.79. The van der Waals surface area contributed by atoms with Crippen molar-refractivity contribution in [2.24, 2.45) is 5.92 Å². The molecule has 2 N–H and O–H groups in total. The number of likely N-dealkylation sites (tertiary alicyclic amines) is 1. The fourth-order valence-corrected chi connectivity index (χ4v) is 2.66. The molecule has 1 aliphatic heterocycles. The highest BCUT2D eigenvalue weighted by Crippen LogP contribution is 2.23. The topological polar surface area (TPSA) is 69.6 Å². The van der Waals surface area contributed by atoms with Gasteiger partial charge in [-0.2, -0.15) is 0 Å². The van der Waals surface area contributed by atoms with Crippen molar-refractivity contribution < 1.29 is 19.1 Å². The zero-order chi connectivity index (χ0) is 15.4. The van der Waals surface area contributed by atoms with Crippen molar-refractivity contribution >= 4 is 12.0 Å². The van der Waals surface area contributed by atoms with E-state index in [1.54, 1.807) is 12.1 Å². The van der Waals surface area contributed by atoms with Crippen LogP contribution in [0.1, 0.15) is 18.9 Å². The molecular formula is C15H19FN2O3. The summed E-state index contributed by atoms with van der Waals surface area (Å²) in [6.45, 7) is 2.63. The van der Waals surface area contributed by atoms with Crippen LogP contribution < -0.4 is 5.32 Å². The zero-order valence-corrected chi connectivity index (χ0v) is 11.9. The van der Waals surface area contributed by atoms with Crippen molar-refractivity contribution in [3.63, 3.8) is 0 Å². The number of nitrogens with one attached hydrogen (secondary N) is 1. The third kappa shape index (κ3) is 3.71. The summed E-state index contributed by atoms with van der Waals surface area (Å²) in [7, 11) is 0. The number of amides is 2. The Balaban J connectivity index is 1.86. The fraction of sp³-hybridized carbons (Fsp3) is 0.467. The van der Waals surface area contributed by atoms with Gasteiger partial charge in [0.1, 0.15) is 11.9 Å². The van der Waals surface area contributed by atoms with Crippen LogP contribution in [-0.4, -0.2) is 41.1 Å². The first-order valence-corrected chi connectivity index (χ1v) is 7.00. The standard InChI is InChI=1S/C15H19FN2O3/c1-10-6-8-18(13(10)14(19)20)15(21)17-7-5-11-3-2-4-12(16)9-11/h2-4,9-10,13H,5-8H2,1H3,(H,17,21)(H,19,20). The summed E-state index contributed by atoms with van der Waals surface area (Å²) in [5.74, 6) is -1.32. The van der Waals surface area contributed by atoms with Crippen LogP contribution >= 0.6 is 0 Å². The van der Waals surface area contributed by atoms with Crippen molar-refractivity contribution in [1.29, 1.82) is 0 Å². The maximum Gasteiger partial charge on any atom is 0.326 e. The maximum absolute atomic E-state index is 13.0. The van der Waals surface area contributed by atoms with Crippen LogP contribution in [-0.2, 0) is 11.2 Å². The summed E-state index contributed by atoms with van der Waals surface area (Å²) in [5, 5.41) is 11.9. The molecular weight excluding hydrogens is 275 g/mol. The minimum absolute atomic E-state index is 0.0449. The van der Waals surface area contributed by atoms with Gasteiger partial charge in [-0.1, -0.05) is 19.1 Å². The van der Waals surface area contributed by atoms with E-state index in [1.165, 1.54) is 17.0 Å². The Morgan fingerprint density at radius 1 is 1.48 bits per heavy atom. The highest BCUT2D eigenvalue weighted by Gasteiger charge is 2.39. The fourth-order valence-electron chi connectivity index (χ4n) is 2.66. The van der Waals surface area contributed by atoms with Gasteiger partial charge in [-0.25, -0.2) is 14.0 Å². The molecule has 1 aromatic carbocycles. The van der Waals surface area contributed by atoms with E-state index in [0.717, 1.165) is 5.56 Å². The summed E-state index contributed by atoms with van der Waals surface area (Å²) in [5.41, 5.74) is 0.792. The molecule has 0 bridgehead atoms. The Kier molecular flexibility index (Phi) is 4.77. The number of carboxylic acid groups (broad SMARTS) is 1. The molecule has 1 aromatic rings. The predicted octanol–water partition coefficient (Wildman–Crippen LogP) is 1.87. The quantitative estimate of drug-likeness (QED) is 0.890. The number of urea groups is 1. The van der Waals surface area contributed by atoms with Crippen LogP contribution in [0.25, 0.3) is 0 Å². The second-order valence-corrected chi connectivity index (χ2v) is 5.35. The Morgan fingerprint density at radius 2 is 2.24 bits per heavy atom. The number of nitrogens with zero attached hydrogens (tertiary/aromatic N) is 1. The molecule has 0 radical (unpaired) electrons. The van der Waals surface area contributed by atoms with Crippen LogP contribution in [0.15, 0.2) is 24.3 Å². The average molecular weight is 294 g/mol. The molecule has 1 fully saturated rings. The van der Waals surface area contributed by atoms with Crippen LogP contribution in [0.3, 0.4) is 0 Å². The first-order chi connectivity index (χ1) is 9.99. The SMILES string of the molecule is CC1CCN(C(=O)NCCc2cccc(F)c2)C1C(=O)O. The second-order valence-electron chi connectivity index (χ2n) is 5.35. The Hall–Kier alpha value is -2.11. The molecule has 1 saturated heterocycles. The van der Waals surface area contributed by atoms with Crippen molar-refractivity contribution in [2.75, 3.05) is 13.1 Å². The smallest absolute Gasteiger partial charge is 0.326 e. The number of carbonyl (C=O) groups excluding carboxylic acids is 1. The van der Waals surface area contributed by atoms with E-state index < -0.39 is 12.0 Å². The lowest BCUT2D eigenvalue weighted by Crippen LogP contribution is -2.47. The Bertz CT molecular complexity index is 535.